The Bertz CT molecular complexity index is 441. The first-order valence-corrected chi connectivity index (χ1v) is 6.14. The van der Waals surface area contributed by atoms with Gasteiger partial charge in [0.25, 0.3) is 0 Å². The fourth-order valence-electron chi connectivity index (χ4n) is 1.36. The van der Waals surface area contributed by atoms with Crippen molar-refractivity contribution in [3.63, 3.8) is 0 Å². The molecule has 0 nitrogen and oxygen atoms in total. The summed E-state index contributed by atoms with van der Waals surface area (Å²) >= 11 is 1.66. The Morgan fingerprint density at radius 2 is 1.20 bits per heavy atom. The summed E-state index contributed by atoms with van der Waals surface area (Å²) in [5.74, 6) is 0. The first kappa shape index (κ1) is 10.3. The molecule has 74 valence electrons. The third-order valence-electron chi connectivity index (χ3n) is 2.20. The third kappa shape index (κ3) is 3.11. The molecule has 0 saturated carbocycles. The van der Waals surface area contributed by atoms with Gasteiger partial charge in [-0.05, 0) is 0 Å². The summed E-state index contributed by atoms with van der Waals surface area (Å²) < 4.78 is 1.36. The van der Waals surface area contributed by atoms with Crippen molar-refractivity contribution in [3.05, 3.63) is 65.7 Å². The number of hydrogen-bond donors (Lipinski definition) is 0. The van der Waals surface area contributed by atoms with E-state index in [0.717, 1.165) is 0 Å². The summed E-state index contributed by atoms with van der Waals surface area (Å²) in [5.41, 5.74) is 2.49. The first-order chi connectivity index (χ1) is 7.34. The van der Waals surface area contributed by atoms with E-state index in [1.165, 1.54) is 15.5 Å². The molecule has 1 unspecified atom stereocenters. The fourth-order valence-corrected chi connectivity index (χ4v) is 1.77. The molecule has 0 amide bonds. The minimum absolute atomic E-state index is 1.24. The van der Waals surface area contributed by atoms with E-state index in [1.807, 2.05) is 6.07 Å². The van der Waals surface area contributed by atoms with Crippen LogP contribution in [0.15, 0.2) is 54.6 Å². The van der Waals surface area contributed by atoms with E-state index in [1.54, 1.807) is 16.9 Å². The van der Waals surface area contributed by atoms with Gasteiger partial charge in [0.2, 0.25) is 0 Å². The van der Waals surface area contributed by atoms with E-state index >= 15 is 0 Å². The van der Waals surface area contributed by atoms with Gasteiger partial charge in [-0.3, -0.25) is 0 Å². The second kappa shape index (κ2) is 5.00. The zero-order chi connectivity index (χ0) is 10.5. The van der Waals surface area contributed by atoms with Crippen LogP contribution in [0.25, 0.3) is 12.2 Å². The molecule has 1 atom stereocenters. The van der Waals surface area contributed by atoms with Crippen molar-refractivity contribution in [3.8, 4) is 0 Å². The van der Waals surface area contributed by atoms with E-state index in [9.17, 15) is 0 Å². The van der Waals surface area contributed by atoms with E-state index in [-0.39, 0.29) is 0 Å². The average molecular weight is 256 g/mol. The fraction of sp³-hybridized carbons (Fsp3) is 0. The summed E-state index contributed by atoms with van der Waals surface area (Å²) in [7, 11) is 0. The van der Waals surface area contributed by atoms with Crippen molar-refractivity contribution in [1.82, 2.24) is 0 Å². The maximum absolute atomic E-state index is 2.16. The van der Waals surface area contributed by atoms with E-state index in [0.29, 0.717) is 0 Å². The second-order valence-electron chi connectivity index (χ2n) is 3.41. The Labute approximate surface area is 99.1 Å². The van der Waals surface area contributed by atoms with Crippen LogP contribution in [0.5, 0.6) is 0 Å². The van der Waals surface area contributed by atoms with Crippen LogP contribution in [0.1, 0.15) is 11.1 Å². The molecule has 1 heteroatoms. The van der Waals surface area contributed by atoms with Crippen molar-refractivity contribution < 1.29 is 0 Å². The van der Waals surface area contributed by atoms with Gasteiger partial charge in [0.1, 0.15) is 0 Å². The quantitative estimate of drug-likeness (QED) is 0.570. The molecule has 0 N–H and O–H groups in total. The van der Waals surface area contributed by atoms with Crippen LogP contribution in [0.4, 0.5) is 0 Å². The van der Waals surface area contributed by atoms with Crippen LogP contribution in [0.3, 0.4) is 0 Å². The van der Waals surface area contributed by atoms with Crippen molar-refractivity contribution in [2.75, 3.05) is 0 Å². The zero-order valence-corrected chi connectivity index (χ0v) is 10.9. The third-order valence-corrected chi connectivity index (χ3v) is 3.01. The van der Waals surface area contributed by atoms with Gasteiger partial charge in [-0.15, -0.1) is 0 Å². The Balaban J connectivity index is 2.15. The molecule has 0 aromatic heterocycles. The molecule has 15 heavy (non-hydrogen) atoms. The molecule has 0 saturated heterocycles. The first-order valence-electron chi connectivity index (χ1n) is 4.93. The zero-order valence-electron chi connectivity index (χ0n) is 8.43. The van der Waals surface area contributed by atoms with Gasteiger partial charge in [0, 0.05) is 0 Å². The molecular weight excluding hydrogens is 243 g/mol. The molecule has 0 aliphatic rings. The van der Waals surface area contributed by atoms with Gasteiger partial charge < -0.3 is 0 Å². The normalized spacial score (nSPS) is 10.7. The van der Waals surface area contributed by atoms with Gasteiger partial charge in [-0.2, -0.15) is 0 Å². The van der Waals surface area contributed by atoms with Crippen LogP contribution < -0.4 is 4.35 Å². The van der Waals surface area contributed by atoms with Crippen LogP contribution >= 0.6 is 0 Å². The van der Waals surface area contributed by atoms with Crippen molar-refractivity contribution in [2.45, 2.75) is 0 Å². The molecule has 0 aliphatic heterocycles. The Morgan fingerprint density at radius 1 is 0.667 bits per heavy atom. The van der Waals surface area contributed by atoms with Crippen molar-refractivity contribution in [1.29, 1.82) is 0 Å². The van der Waals surface area contributed by atoms with Gasteiger partial charge in [0.05, 0.1) is 0 Å². The standard InChI is InChI=1S/C14H13As/c15-14-10-8-13(9-11-14)7-6-12-4-2-1-3-5-12/h1-11H,15H2/b7-6+. The van der Waals surface area contributed by atoms with Gasteiger partial charge >= 0.3 is 99.1 Å². The molecule has 2 aromatic rings. The van der Waals surface area contributed by atoms with E-state index in [4.69, 9.17) is 0 Å². The Kier molecular flexibility index (Phi) is 3.42. The number of rotatable bonds is 2. The van der Waals surface area contributed by atoms with Crippen LogP contribution in [-0.2, 0) is 0 Å². The maximum atomic E-state index is 2.16. The van der Waals surface area contributed by atoms with Crippen molar-refractivity contribution >= 4 is 33.4 Å². The molecular formula is C14H13As. The summed E-state index contributed by atoms with van der Waals surface area (Å²) in [6.07, 6.45) is 4.28. The summed E-state index contributed by atoms with van der Waals surface area (Å²) in [4.78, 5) is 0. The molecule has 2 aromatic carbocycles. The predicted molar refractivity (Wildman–Crippen MR) is 70.0 cm³/mol. The minimum atomic E-state index is 1.24. The average Bonchev–Trinajstić information content (AvgIpc) is 2.30. The van der Waals surface area contributed by atoms with Crippen LogP contribution in [0, 0.1) is 0 Å². The monoisotopic (exact) mass is 256 g/mol. The molecule has 2 rings (SSSR count). The molecule has 0 aliphatic carbocycles. The number of benzene rings is 2. The molecule has 0 fully saturated rings. The SMILES string of the molecule is [AsH2]c1ccc(/C=C/c2ccccc2)cc1. The Hall–Kier alpha value is -1.26. The molecule has 0 radical (unpaired) electrons. The summed E-state index contributed by atoms with van der Waals surface area (Å²) in [6.45, 7) is 0. The van der Waals surface area contributed by atoms with E-state index in [2.05, 4.69) is 60.7 Å². The van der Waals surface area contributed by atoms with Gasteiger partial charge in [-0.25, -0.2) is 0 Å². The summed E-state index contributed by atoms with van der Waals surface area (Å²) in [6, 6.07) is 19.0. The second-order valence-corrected chi connectivity index (χ2v) is 4.81. The van der Waals surface area contributed by atoms with E-state index < -0.39 is 0 Å². The Morgan fingerprint density at radius 3 is 1.80 bits per heavy atom. The summed E-state index contributed by atoms with van der Waals surface area (Å²) in [5, 5.41) is 0. The topological polar surface area (TPSA) is 0 Å². The van der Waals surface area contributed by atoms with Crippen LogP contribution in [0.2, 0.25) is 0 Å². The van der Waals surface area contributed by atoms with Gasteiger partial charge in [-0.1, -0.05) is 0 Å². The molecule has 0 heterocycles. The van der Waals surface area contributed by atoms with Crippen LogP contribution in [-0.4, -0.2) is 16.9 Å². The number of hydrogen-bond acceptors (Lipinski definition) is 0. The molecule has 0 spiro atoms. The van der Waals surface area contributed by atoms with Crippen molar-refractivity contribution in [2.24, 2.45) is 0 Å². The molecule has 0 bridgehead atoms. The van der Waals surface area contributed by atoms with Gasteiger partial charge in [0.15, 0.2) is 0 Å². The predicted octanol–water partition coefficient (Wildman–Crippen LogP) is 2.12.